The first-order valence-corrected chi connectivity index (χ1v) is 16.0. The third kappa shape index (κ3) is 8.79. The molecule has 5 nitrogen and oxygen atoms in total. The zero-order valence-electron chi connectivity index (χ0n) is 26.3. The van der Waals surface area contributed by atoms with Crippen LogP contribution in [0, 0.1) is 6.92 Å². The highest BCUT2D eigenvalue weighted by Gasteiger charge is 2.49. The maximum absolute atomic E-state index is 6.99. The van der Waals surface area contributed by atoms with Crippen LogP contribution in [0.4, 0.5) is 0 Å². The van der Waals surface area contributed by atoms with Gasteiger partial charge in [0.25, 0.3) is 0 Å². The zero-order valence-corrected chi connectivity index (χ0v) is 26.3. The third-order valence-corrected chi connectivity index (χ3v) is 8.25. The molecule has 0 radical (unpaired) electrons. The molecule has 1 aliphatic heterocycles. The largest absolute Gasteiger partial charge is 0.374 e. The van der Waals surface area contributed by atoms with E-state index in [1.54, 1.807) is 0 Å². The minimum absolute atomic E-state index is 0.341. The Morgan fingerprint density at radius 1 is 0.478 bits per heavy atom. The maximum atomic E-state index is 6.99. The summed E-state index contributed by atoms with van der Waals surface area (Å²) >= 11 is 0. The van der Waals surface area contributed by atoms with E-state index in [2.05, 4.69) is 79.7 Å². The van der Waals surface area contributed by atoms with Crippen LogP contribution in [0.2, 0.25) is 0 Å². The highest BCUT2D eigenvalue weighted by Crippen LogP contribution is 2.39. The fraction of sp³-hybridized carbons (Fsp3) is 0.268. The molecular weight excluding hydrogens is 572 g/mol. The van der Waals surface area contributed by atoms with Crippen molar-refractivity contribution in [2.24, 2.45) is 0 Å². The Morgan fingerprint density at radius 2 is 0.935 bits per heavy atom. The van der Waals surface area contributed by atoms with Gasteiger partial charge in [-0.05, 0) is 34.7 Å². The first-order valence-electron chi connectivity index (χ1n) is 16.0. The lowest BCUT2D eigenvalue weighted by molar-refractivity contribution is -0.275. The molecule has 0 saturated carbocycles. The number of aryl methyl sites for hydroxylation is 1. The van der Waals surface area contributed by atoms with Crippen molar-refractivity contribution in [3.63, 3.8) is 0 Å². The minimum Gasteiger partial charge on any atom is -0.374 e. The van der Waals surface area contributed by atoms with E-state index < -0.39 is 30.5 Å². The van der Waals surface area contributed by atoms with Crippen molar-refractivity contribution >= 4 is 0 Å². The van der Waals surface area contributed by atoms with Crippen LogP contribution in [0.25, 0.3) is 0 Å². The fourth-order valence-electron chi connectivity index (χ4n) is 5.90. The zero-order chi connectivity index (χ0) is 31.4. The Labute approximate surface area is 272 Å². The van der Waals surface area contributed by atoms with Gasteiger partial charge in [0, 0.05) is 0 Å². The molecular formula is C41H42O5. The van der Waals surface area contributed by atoms with Crippen LogP contribution < -0.4 is 0 Å². The Bertz CT molecular complexity index is 1580. The molecule has 5 atom stereocenters. The fourth-order valence-corrected chi connectivity index (χ4v) is 5.90. The standard InChI is InChI=1S/C41H42O5/c1-31-15-14-24-36(25-31)38-40(44-28-34-20-10-4-11-21-34)41(45-29-35-22-12-5-13-23-35)39(43-27-33-18-8-3-9-19-33)37(46-38)30-42-26-32-16-6-2-7-17-32/h2-25,37-41H,26-30H2,1H3. The Morgan fingerprint density at radius 3 is 1.43 bits per heavy atom. The van der Waals surface area contributed by atoms with Gasteiger partial charge in [-0.2, -0.15) is 0 Å². The van der Waals surface area contributed by atoms with Crippen molar-refractivity contribution in [3.05, 3.63) is 179 Å². The van der Waals surface area contributed by atoms with E-state index in [1.165, 1.54) is 0 Å². The van der Waals surface area contributed by atoms with Gasteiger partial charge in [0.05, 0.1) is 33.0 Å². The van der Waals surface area contributed by atoms with Crippen LogP contribution >= 0.6 is 0 Å². The SMILES string of the molecule is Cc1cccc(C2OC(COCc3ccccc3)C(OCc3ccccc3)C(OCc3ccccc3)C2OCc2ccccc2)c1. The van der Waals surface area contributed by atoms with Gasteiger partial charge in [-0.3, -0.25) is 0 Å². The smallest absolute Gasteiger partial charge is 0.117 e. The molecule has 46 heavy (non-hydrogen) atoms. The van der Waals surface area contributed by atoms with Crippen molar-refractivity contribution in [2.75, 3.05) is 6.61 Å². The molecule has 5 unspecified atom stereocenters. The second kappa shape index (κ2) is 16.5. The quantitative estimate of drug-likeness (QED) is 0.126. The van der Waals surface area contributed by atoms with Crippen LogP contribution in [0.15, 0.2) is 146 Å². The molecule has 236 valence electrons. The number of ether oxygens (including phenoxy) is 5. The number of benzene rings is 5. The van der Waals surface area contributed by atoms with Gasteiger partial charge in [-0.1, -0.05) is 151 Å². The predicted molar refractivity (Wildman–Crippen MR) is 180 cm³/mol. The second-order valence-electron chi connectivity index (χ2n) is 11.8. The van der Waals surface area contributed by atoms with Gasteiger partial charge in [0.15, 0.2) is 0 Å². The molecule has 0 N–H and O–H groups in total. The normalized spacial score (nSPS) is 21.2. The van der Waals surface area contributed by atoms with Gasteiger partial charge < -0.3 is 23.7 Å². The van der Waals surface area contributed by atoms with Gasteiger partial charge in [0.1, 0.15) is 30.5 Å². The van der Waals surface area contributed by atoms with Crippen LogP contribution in [0.5, 0.6) is 0 Å². The van der Waals surface area contributed by atoms with Crippen LogP contribution in [0.3, 0.4) is 0 Å². The molecule has 1 fully saturated rings. The highest BCUT2D eigenvalue weighted by atomic mass is 16.6. The summed E-state index contributed by atoms with van der Waals surface area (Å²) in [6, 6.07) is 49.3. The molecule has 5 heteroatoms. The Balaban J connectivity index is 1.34. The van der Waals surface area contributed by atoms with Crippen molar-refractivity contribution in [1.82, 2.24) is 0 Å². The van der Waals surface area contributed by atoms with E-state index >= 15 is 0 Å². The third-order valence-electron chi connectivity index (χ3n) is 8.25. The summed E-state index contributed by atoms with van der Waals surface area (Å²) in [7, 11) is 0. The molecule has 1 aliphatic rings. The number of hydrogen-bond donors (Lipinski definition) is 0. The van der Waals surface area contributed by atoms with E-state index in [4.69, 9.17) is 23.7 Å². The van der Waals surface area contributed by atoms with Crippen LogP contribution in [0.1, 0.15) is 39.5 Å². The lowest BCUT2D eigenvalue weighted by atomic mass is 9.90. The summed E-state index contributed by atoms with van der Waals surface area (Å²) in [6.45, 7) is 4.17. The van der Waals surface area contributed by atoms with E-state index in [0.29, 0.717) is 33.0 Å². The summed E-state index contributed by atoms with van der Waals surface area (Å²) in [5.74, 6) is 0. The summed E-state index contributed by atoms with van der Waals surface area (Å²) in [6.07, 6.45) is -2.16. The highest BCUT2D eigenvalue weighted by molar-refractivity contribution is 5.27. The summed E-state index contributed by atoms with van der Waals surface area (Å²) in [5, 5.41) is 0. The molecule has 1 saturated heterocycles. The van der Waals surface area contributed by atoms with E-state index in [9.17, 15) is 0 Å². The van der Waals surface area contributed by atoms with Gasteiger partial charge in [-0.25, -0.2) is 0 Å². The summed E-state index contributed by atoms with van der Waals surface area (Å²) in [4.78, 5) is 0. The van der Waals surface area contributed by atoms with Crippen molar-refractivity contribution in [3.8, 4) is 0 Å². The topological polar surface area (TPSA) is 46.2 Å². The average Bonchev–Trinajstić information content (AvgIpc) is 3.11. The lowest BCUT2D eigenvalue weighted by Gasteiger charge is -2.46. The first kappa shape index (κ1) is 31.9. The average molecular weight is 615 g/mol. The lowest BCUT2D eigenvalue weighted by Crippen LogP contribution is -2.58. The van der Waals surface area contributed by atoms with E-state index in [-0.39, 0.29) is 0 Å². The molecule has 0 aliphatic carbocycles. The predicted octanol–water partition coefficient (Wildman–Crippen LogP) is 8.41. The van der Waals surface area contributed by atoms with Crippen molar-refractivity contribution in [1.29, 1.82) is 0 Å². The second-order valence-corrected chi connectivity index (χ2v) is 11.8. The number of hydrogen-bond acceptors (Lipinski definition) is 5. The molecule has 5 aromatic rings. The monoisotopic (exact) mass is 614 g/mol. The molecule has 6 rings (SSSR count). The maximum Gasteiger partial charge on any atom is 0.117 e. The Hall–Kier alpha value is -4.10. The molecule has 0 aromatic heterocycles. The van der Waals surface area contributed by atoms with Crippen LogP contribution in [-0.4, -0.2) is 31.0 Å². The number of rotatable bonds is 14. The van der Waals surface area contributed by atoms with E-state index in [1.807, 2.05) is 72.8 Å². The van der Waals surface area contributed by atoms with Crippen LogP contribution in [-0.2, 0) is 50.1 Å². The van der Waals surface area contributed by atoms with Gasteiger partial charge in [0.2, 0.25) is 0 Å². The van der Waals surface area contributed by atoms with Crippen molar-refractivity contribution in [2.45, 2.75) is 63.9 Å². The summed E-state index contributed by atoms with van der Waals surface area (Å²) in [5.41, 5.74) is 6.56. The van der Waals surface area contributed by atoms with E-state index in [0.717, 1.165) is 33.4 Å². The molecule has 0 spiro atoms. The van der Waals surface area contributed by atoms with Crippen molar-refractivity contribution < 1.29 is 23.7 Å². The minimum atomic E-state index is -0.457. The first-order chi connectivity index (χ1) is 22.7. The molecule has 0 bridgehead atoms. The Kier molecular flexibility index (Phi) is 11.4. The summed E-state index contributed by atoms with van der Waals surface area (Å²) < 4.78 is 33.8. The molecule has 0 amide bonds. The van der Waals surface area contributed by atoms with Gasteiger partial charge in [-0.15, -0.1) is 0 Å². The molecule has 5 aromatic carbocycles. The van der Waals surface area contributed by atoms with Gasteiger partial charge >= 0.3 is 0 Å². The molecule has 1 heterocycles.